The van der Waals surface area contributed by atoms with Crippen LogP contribution in [0.4, 0.5) is 5.88 Å². The molecule has 0 radical (unpaired) electrons. The largest absolute Gasteiger partial charge is 0.367 e. The first-order valence-electron chi connectivity index (χ1n) is 5.65. The number of anilines is 1. The Balaban J connectivity index is 2.22. The van der Waals surface area contributed by atoms with E-state index in [1.807, 2.05) is 36.0 Å². The first-order chi connectivity index (χ1) is 9.16. The SMILES string of the molecule is Cn1ccnc1-c1noc(N)c1-c1cccc(Cl)c1. The van der Waals surface area contributed by atoms with E-state index in [-0.39, 0.29) is 5.88 Å². The van der Waals surface area contributed by atoms with E-state index in [2.05, 4.69) is 10.1 Å². The lowest BCUT2D eigenvalue weighted by atomic mass is 10.1. The molecule has 0 spiro atoms. The highest BCUT2D eigenvalue weighted by molar-refractivity contribution is 6.30. The topological polar surface area (TPSA) is 69.9 Å². The second-order valence-electron chi connectivity index (χ2n) is 4.14. The summed E-state index contributed by atoms with van der Waals surface area (Å²) in [6, 6.07) is 7.37. The Morgan fingerprint density at radius 2 is 2.21 bits per heavy atom. The molecule has 2 heterocycles. The second-order valence-corrected chi connectivity index (χ2v) is 4.58. The van der Waals surface area contributed by atoms with Gasteiger partial charge in [0.05, 0.1) is 5.56 Å². The fourth-order valence-corrected chi connectivity index (χ4v) is 2.16. The van der Waals surface area contributed by atoms with Gasteiger partial charge in [-0.05, 0) is 17.7 Å². The number of halogens is 1. The van der Waals surface area contributed by atoms with Gasteiger partial charge in [-0.3, -0.25) is 0 Å². The van der Waals surface area contributed by atoms with Crippen LogP contribution >= 0.6 is 11.6 Å². The van der Waals surface area contributed by atoms with Crippen molar-refractivity contribution >= 4 is 17.5 Å². The molecule has 2 aromatic heterocycles. The van der Waals surface area contributed by atoms with Crippen molar-refractivity contribution in [3.05, 3.63) is 41.7 Å². The third-order valence-corrected chi connectivity index (χ3v) is 3.10. The third kappa shape index (κ3) is 1.98. The van der Waals surface area contributed by atoms with E-state index in [0.717, 1.165) is 5.56 Å². The highest BCUT2D eigenvalue weighted by Gasteiger charge is 2.20. The number of nitrogens with two attached hydrogens (primary N) is 1. The lowest BCUT2D eigenvalue weighted by Gasteiger charge is -2.03. The van der Waals surface area contributed by atoms with Crippen LogP contribution in [-0.4, -0.2) is 14.7 Å². The Bertz CT molecular complexity index is 732. The molecular weight excluding hydrogens is 264 g/mol. The van der Waals surface area contributed by atoms with Crippen molar-refractivity contribution in [1.29, 1.82) is 0 Å². The van der Waals surface area contributed by atoms with Gasteiger partial charge in [-0.2, -0.15) is 0 Å². The van der Waals surface area contributed by atoms with Crippen molar-refractivity contribution in [3.63, 3.8) is 0 Å². The van der Waals surface area contributed by atoms with Gasteiger partial charge >= 0.3 is 0 Å². The molecule has 0 unspecified atom stereocenters. The molecule has 3 rings (SSSR count). The molecule has 0 aliphatic heterocycles. The first-order valence-corrected chi connectivity index (χ1v) is 6.03. The maximum absolute atomic E-state index is 6.01. The van der Waals surface area contributed by atoms with Crippen molar-refractivity contribution in [2.45, 2.75) is 0 Å². The fraction of sp³-hybridized carbons (Fsp3) is 0.0769. The van der Waals surface area contributed by atoms with Gasteiger partial charge in [0.25, 0.3) is 0 Å². The van der Waals surface area contributed by atoms with Gasteiger partial charge in [-0.15, -0.1) is 0 Å². The molecule has 0 atom stereocenters. The molecule has 2 N–H and O–H groups in total. The lowest BCUT2D eigenvalue weighted by Crippen LogP contribution is -1.94. The lowest BCUT2D eigenvalue weighted by molar-refractivity contribution is 0.438. The van der Waals surface area contributed by atoms with Crippen molar-refractivity contribution in [2.75, 3.05) is 5.73 Å². The molecule has 3 aromatic rings. The normalized spacial score (nSPS) is 10.8. The molecular formula is C13H11ClN4O. The zero-order valence-electron chi connectivity index (χ0n) is 10.2. The van der Waals surface area contributed by atoms with E-state index in [0.29, 0.717) is 22.1 Å². The summed E-state index contributed by atoms with van der Waals surface area (Å²) in [4.78, 5) is 4.26. The van der Waals surface area contributed by atoms with Gasteiger partial charge in [-0.25, -0.2) is 4.98 Å². The summed E-state index contributed by atoms with van der Waals surface area (Å²) in [6.07, 6.45) is 3.53. The van der Waals surface area contributed by atoms with Gasteiger partial charge < -0.3 is 14.8 Å². The van der Waals surface area contributed by atoms with E-state index in [9.17, 15) is 0 Å². The van der Waals surface area contributed by atoms with Crippen LogP contribution in [0.1, 0.15) is 0 Å². The zero-order valence-corrected chi connectivity index (χ0v) is 10.9. The van der Waals surface area contributed by atoms with Crippen molar-refractivity contribution < 1.29 is 4.52 Å². The van der Waals surface area contributed by atoms with Crippen LogP contribution in [0.2, 0.25) is 5.02 Å². The number of benzene rings is 1. The first kappa shape index (κ1) is 11.8. The molecule has 0 bridgehead atoms. The molecule has 6 heteroatoms. The molecule has 5 nitrogen and oxygen atoms in total. The highest BCUT2D eigenvalue weighted by Crippen LogP contribution is 2.36. The van der Waals surface area contributed by atoms with Crippen molar-refractivity contribution in [3.8, 4) is 22.6 Å². The van der Waals surface area contributed by atoms with Crippen LogP contribution in [0, 0.1) is 0 Å². The van der Waals surface area contributed by atoms with Gasteiger partial charge in [0.1, 0.15) is 0 Å². The standard InChI is InChI=1S/C13H11ClN4O/c1-18-6-5-16-13(18)11-10(12(15)19-17-11)8-3-2-4-9(14)7-8/h2-7H,15H2,1H3. The number of hydrogen-bond donors (Lipinski definition) is 1. The average molecular weight is 275 g/mol. The van der Waals surface area contributed by atoms with E-state index in [1.54, 1.807) is 12.3 Å². The minimum absolute atomic E-state index is 0.250. The van der Waals surface area contributed by atoms with Crippen LogP contribution in [0.15, 0.2) is 41.2 Å². The van der Waals surface area contributed by atoms with Gasteiger partial charge in [0, 0.05) is 24.5 Å². The molecule has 1 aromatic carbocycles. The number of aromatic nitrogens is 3. The summed E-state index contributed by atoms with van der Waals surface area (Å²) in [5.74, 6) is 0.940. The number of rotatable bonds is 2. The predicted molar refractivity (Wildman–Crippen MR) is 73.6 cm³/mol. The minimum atomic E-state index is 0.250. The highest BCUT2D eigenvalue weighted by atomic mass is 35.5. The minimum Gasteiger partial charge on any atom is -0.367 e. The van der Waals surface area contributed by atoms with E-state index in [1.165, 1.54) is 0 Å². The van der Waals surface area contributed by atoms with E-state index >= 15 is 0 Å². The molecule has 0 aliphatic rings. The molecule has 96 valence electrons. The third-order valence-electron chi connectivity index (χ3n) is 2.86. The Morgan fingerprint density at radius 3 is 2.89 bits per heavy atom. The van der Waals surface area contributed by atoms with Crippen LogP contribution in [-0.2, 0) is 7.05 Å². The second kappa shape index (κ2) is 4.44. The van der Waals surface area contributed by atoms with Crippen LogP contribution in [0.5, 0.6) is 0 Å². The van der Waals surface area contributed by atoms with Gasteiger partial charge in [0.2, 0.25) is 5.88 Å². The Kier molecular flexibility index (Phi) is 2.76. The average Bonchev–Trinajstić information content (AvgIpc) is 2.95. The van der Waals surface area contributed by atoms with Crippen molar-refractivity contribution in [1.82, 2.24) is 14.7 Å². The Labute approximate surface area is 114 Å². The molecule has 0 fully saturated rings. The van der Waals surface area contributed by atoms with E-state index < -0.39 is 0 Å². The quantitative estimate of drug-likeness (QED) is 0.780. The number of aryl methyl sites for hydroxylation is 1. The fourth-order valence-electron chi connectivity index (χ4n) is 1.97. The number of nitrogen functional groups attached to an aromatic ring is 1. The van der Waals surface area contributed by atoms with Gasteiger partial charge in [0.15, 0.2) is 11.5 Å². The number of nitrogens with zero attached hydrogens (tertiary/aromatic N) is 3. The van der Waals surface area contributed by atoms with Crippen LogP contribution in [0.3, 0.4) is 0 Å². The van der Waals surface area contributed by atoms with Crippen molar-refractivity contribution in [2.24, 2.45) is 7.05 Å². The molecule has 0 saturated carbocycles. The maximum Gasteiger partial charge on any atom is 0.230 e. The maximum atomic E-state index is 6.01. The Hall–Kier alpha value is -2.27. The summed E-state index contributed by atoms with van der Waals surface area (Å²) in [5, 5.41) is 4.63. The molecule has 0 aliphatic carbocycles. The Morgan fingerprint density at radius 1 is 1.37 bits per heavy atom. The van der Waals surface area contributed by atoms with Crippen LogP contribution < -0.4 is 5.73 Å². The van der Waals surface area contributed by atoms with E-state index in [4.69, 9.17) is 21.9 Å². The smallest absolute Gasteiger partial charge is 0.230 e. The molecule has 19 heavy (non-hydrogen) atoms. The number of imidazole rings is 1. The van der Waals surface area contributed by atoms with Crippen LogP contribution in [0.25, 0.3) is 22.6 Å². The molecule has 0 saturated heterocycles. The predicted octanol–water partition coefficient (Wildman–Crippen LogP) is 2.98. The summed E-state index contributed by atoms with van der Waals surface area (Å²) in [6.45, 7) is 0. The summed E-state index contributed by atoms with van der Waals surface area (Å²) < 4.78 is 6.95. The monoisotopic (exact) mass is 274 g/mol. The summed E-state index contributed by atoms with van der Waals surface area (Å²) in [7, 11) is 1.88. The summed E-state index contributed by atoms with van der Waals surface area (Å²) >= 11 is 6.01. The summed E-state index contributed by atoms with van der Waals surface area (Å²) in [5.41, 5.74) is 8.03. The zero-order chi connectivity index (χ0) is 13.4. The number of hydrogen-bond acceptors (Lipinski definition) is 4. The molecule has 0 amide bonds. The van der Waals surface area contributed by atoms with Gasteiger partial charge in [-0.1, -0.05) is 28.9 Å².